The van der Waals surface area contributed by atoms with E-state index in [-0.39, 0.29) is 24.5 Å². The second kappa shape index (κ2) is 6.81. The van der Waals surface area contributed by atoms with Crippen molar-refractivity contribution in [2.45, 2.75) is 13.0 Å². The van der Waals surface area contributed by atoms with Crippen LogP contribution in [0.15, 0.2) is 47.4 Å². The highest BCUT2D eigenvalue weighted by Crippen LogP contribution is 2.30. The number of nitrogens with zero attached hydrogens (tertiary/aromatic N) is 2. The number of aromatic amines is 1. The molecule has 0 unspecified atom stereocenters. The van der Waals surface area contributed by atoms with E-state index in [1.54, 1.807) is 12.3 Å². The summed E-state index contributed by atoms with van der Waals surface area (Å²) in [7, 11) is -3.70. The molecule has 9 heteroatoms. The van der Waals surface area contributed by atoms with E-state index in [1.165, 1.54) is 10.4 Å². The average molecular weight is 393 g/mol. The maximum absolute atomic E-state index is 11.6. The van der Waals surface area contributed by atoms with Crippen LogP contribution in [0.3, 0.4) is 0 Å². The fourth-order valence-corrected chi connectivity index (χ4v) is 3.89. The largest absolute Gasteiger partial charge is 0.307 e. The van der Waals surface area contributed by atoms with Crippen molar-refractivity contribution in [3.8, 4) is 11.1 Å². The van der Waals surface area contributed by atoms with E-state index in [2.05, 4.69) is 9.97 Å². The van der Waals surface area contributed by atoms with Gasteiger partial charge in [-0.25, -0.2) is 10.1 Å². The normalized spacial score (nSPS) is 14.7. The Kier molecular flexibility index (Phi) is 4.85. The first-order valence-corrected chi connectivity index (χ1v) is 9.30. The van der Waals surface area contributed by atoms with Gasteiger partial charge >= 0.3 is 0 Å². The van der Waals surface area contributed by atoms with Crippen molar-refractivity contribution < 1.29 is 8.42 Å². The molecule has 0 aliphatic carbocycles. The third kappa shape index (κ3) is 3.36. The molecule has 0 atom stereocenters. The molecule has 0 bridgehead atoms. The lowest BCUT2D eigenvalue weighted by Crippen LogP contribution is -2.40. The lowest BCUT2D eigenvalue weighted by atomic mass is 9.94. The first-order valence-electron chi connectivity index (χ1n) is 7.80. The minimum Gasteiger partial charge on any atom is -0.307 e. The average Bonchev–Trinajstić information content (AvgIpc) is 2.59. The van der Waals surface area contributed by atoms with Crippen LogP contribution in [0.4, 0.5) is 0 Å². The molecule has 0 saturated heterocycles. The van der Waals surface area contributed by atoms with Crippen LogP contribution in [0.1, 0.15) is 11.1 Å². The minimum atomic E-state index is -3.70. The summed E-state index contributed by atoms with van der Waals surface area (Å²) >= 11 is 0. The van der Waals surface area contributed by atoms with E-state index in [0.29, 0.717) is 18.6 Å². The van der Waals surface area contributed by atoms with Crippen molar-refractivity contribution in [1.82, 2.24) is 14.3 Å². The van der Waals surface area contributed by atoms with E-state index >= 15 is 0 Å². The number of rotatable bonds is 2. The number of nitrogens with one attached hydrogen (secondary N) is 1. The summed E-state index contributed by atoms with van der Waals surface area (Å²) in [5.41, 5.74) is 4.24. The van der Waals surface area contributed by atoms with Gasteiger partial charge in [-0.05, 0) is 46.9 Å². The second-order valence-corrected chi connectivity index (χ2v) is 7.60. The van der Waals surface area contributed by atoms with E-state index < -0.39 is 10.2 Å². The van der Waals surface area contributed by atoms with Crippen LogP contribution in [0.2, 0.25) is 0 Å². The van der Waals surface area contributed by atoms with Gasteiger partial charge in [0.1, 0.15) is 5.65 Å². The first kappa shape index (κ1) is 18.5. The molecule has 0 spiro atoms. The predicted octanol–water partition coefficient (Wildman–Crippen LogP) is 1.57. The van der Waals surface area contributed by atoms with Crippen LogP contribution in [-0.4, -0.2) is 29.2 Å². The molecule has 7 nitrogen and oxygen atoms in total. The van der Waals surface area contributed by atoms with Gasteiger partial charge in [-0.15, -0.1) is 12.4 Å². The van der Waals surface area contributed by atoms with Crippen molar-refractivity contribution in [1.29, 1.82) is 0 Å². The summed E-state index contributed by atoms with van der Waals surface area (Å²) in [5.74, 6) is 0. The van der Waals surface area contributed by atoms with Gasteiger partial charge in [0.2, 0.25) is 5.56 Å². The Bertz CT molecular complexity index is 1140. The smallest absolute Gasteiger partial charge is 0.277 e. The summed E-state index contributed by atoms with van der Waals surface area (Å²) in [5, 5.41) is 6.10. The number of nitrogens with two attached hydrogens (primary N) is 1. The number of pyridine rings is 2. The highest BCUT2D eigenvalue weighted by Gasteiger charge is 2.24. The lowest BCUT2D eigenvalue weighted by molar-refractivity contribution is 0.392. The highest BCUT2D eigenvalue weighted by atomic mass is 35.5. The molecule has 3 heterocycles. The predicted molar refractivity (Wildman–Crippen MR) is 102 cm³/mol. The molecule has 136 valence electrons. The van der Waals surface area contributed by atoms with Gasteiger partial charge in [-0.3, -0.25) is 4.79 Å². The van der Waals surface area contributed by atoms with Crippen LogP contribution in [0.5, 0.6) is 0 Å². The molecule has 0 amide bonds. The summed E-state index contributed by atoms with van der Waals surface area (Å²) in [6.45, 7) is 0.659. The van der Waals surface area contributed by atoms with Gasteiger partial charge < -0.3 is 4.98 Å². The Morgan fingerprint density at radius 3 is 2.69 bits per heavy atom. The van der Waals surface area contributed by atoms with E-state index in [4.69, 9.17) is 5.14 Å². The van der Waals surface area contributed by atoms with E-state index in [9.17, 15) is 13.2 Å². The van der Waals surface area contributed by atoms with Crippen LogP contribution in [0, 0.1) is 0 Å². The summed E-state index contributed by atoms with van der Waals surface area (Å²) in [4.78, 5) is 18.4. The number of fused-ring (bicyclic) bond motifs is 2. The third-order valence-corrected chi connectivity index (χ3v) is 5.52. The van der Waals surface area contributed by atoms with Crippen LogP contribution >= 0.6 is 12.4 Å². The fourth-order valence-electron chi connectivity index (χ4n) is 3.23. The number of aromatic nitrogens is 2. The lowest BCUT2D eigenvalue weighted by Gasteiger charge is -2.26. The highest BCUT2D eigenvalue weighted by molar-refractivity contribution is 7.86. The van der Waals surface area contributed by atoms with Crippen molar-refractivity contribution in [3.05, 3.63) is 64.1 Å². The molecule has 1 aromatic carbocycles. The van der Waals surface area contributed by atoms with Crippen molar-refractivity contribution in [3.63, 3.8) is 0 Å². The van der Waals surface area contributed by atoms with Crippen LogP contribution in [-0.2, 0) is 23.2 Å². The monoisotopic (exact) mass is 392 g/mol. The number of hydrogen-bond acceptors (Lipinski definition) is 4. The van der Waals surface area contributed by atoms with Gasteiger partial charge in [-0.1, -0.05) is 12.1 Å². The first-order chi connectivity index (χ1) is 11.9. The Morgan fingerprint density at radius 1 is 1.12 bits per heavy atom. The Balaban J connectivity index is 0.00000196. The van der Waals surface area contributed by atoms with E-state index in [1.807, 2.05) is 24.3 Å². The summed E-state index contributed by atoms with van der Waals surface area (Å²) in [6, 6.07) is 11.1. The number of hydrogen-bond donors (Lipinski definition) is 2. The quantitative estimate of drug-likeness (QED) is 0.689. The van der Waals surface area contributed by atoms with Crippen molar-refractivity contribution in [2.75, 3.05) is 6.54 Å². The Morgan fingerprint density at radius 2 is 1.92 bits per heavy atom. The Labute approximate surface area is 156 Å². The molecule has 0 radical (unpaired) electrons. The standard InChI is InChI=1S/C17H16N4O3S.ClH/c18-25(23,24)21-8-6-11-1-2-12(9-13(11)10-21)14-5-7-19-17-15(14)3-4-16(22)20-17;/h1-5,7,9H,6,8,10H2,(H2,18,23,24)(H,19,20,22);1H. The van der Waals surface area contributed by atoms with Gasteiger partial charge in [0, 0.05) is 30.7 Å². The molecule has 26 heavy (non-hydrogen) atoms. The van der Waals surface area contributed by atoms with Gasteiger partial charge in [0.05, 0.1) is 0 Å². The minimum absolute atomic E-state index is 0. The molecule has 0 saturated carbocycles. The molecule has 3 aromatic rings. The number of benzene rings is 1. The second-order valence-electron chi connectivity index (χ2n) is 6.06. The van der Waals surface area contributed by atoms with Gasteiger partial charge in [-0.2, -0.15) is 12.7 Å². The van der Waals surface area contributed by atoms with E-state index in [0.717, 1.165) is 27.6 Å². The topological polar surface area (TPSA) is 109 Å². The van der Waals surface area contributed by atoms with Crippen LogP contribution < -0.4 is 10.7 Å². The molecule has 2 aromatic heterocycles. The molecular weight excluding hydrogens is 376 g/mol. The maximum Gasteiger partial charge on any atom is 0.277 e. The summed E-state index contributed by atoms with van der Waals surface area (Å²) in [6.07, 6.45) is 2.28. The fraction of sp³-hybridized carbons (Fsp3) is 0.176. The van der Waals surface area contributed by atoms with Crippen LogP contribution in [0.25, 0.3) is 22.2 Å². The molecule has 3 N–H and O–H groups in total. The molecular formula is C17H17ClN4O3S. The molecule has 1 aliphatic heterocycles. The number of H-pyrrole nitrogens is 1. The molecule has 0 fully saturated rings. The molecule has 1 aliphatic rings. The maximum atomic E-state index is 11.6. The third-order valence-electron chi connectivity index (χ3n) is 4.49. The SMILES string of the molecule is Cl.NS(=O)(=O)N1CCc2ccc(-c3ccnc4[nH]c(=O)ccc34)cc2C1. The van der Waals surface area contributed by atoms with Gasteiger partial charge in [0.25, 0.3) is 10.2 Å². The zero-order valence-electron chi connectivity index (χ0n) is 13.7. The zero-order chi connectivity index (χ0) is 17.6. The Hall–Kier alpha value is -2.26. The summed E-state index contributed by atoms with van der Waals surface area (Å²) < 4.78 is 24.5. The van der Waals surface area contributed by atoms with Crippen molar-refractivity contribution in [2.24, 2.45) is 5.14 Å². The van der Waals surface area contributed by atoms with Crippen molar-refractivity contribution >= 4 is 33.6 Å². The zero-order valence-corrected chi connectivity index (χ0v) is 15.3. The van der Waals surface area contributed by atoms with Gasteiger partial charge in [0.15, 0.2) is 0 Å². The number of halogens is 1. The molecule has 4 rings (SSSR count).